The highest BCUT2D eigenvalue weighted by molar-refractivity contribution is 7.18. The van der Waals surface area contributed by atoms with Crippen molar-refractivity contribution in [1.82, 2.24) is 4.98 Å². The van der Waals surface area contributed by atoms with E-state index < -0.39 is 5.97 Å². The van der Waals surface area contributed by atoms with E-state index in [4.69, 9.17) is 16.7 Å². The molecule has 1 rings (SSSR count). The summed E-state index contributed by atoms with van der Waals surface area (Å²) in [5.74, 6) is -1.02. The maximum Gasteiger partial charge on any atom is 0.349 e. The number of rotatable bonds is 5. The summed E-state index contributed by atoms with van der Waals surface area (Å²) in [6.45, 7) is 6.97. The Morgan fingerprint density at radius 3 is 2.62 bits per heavy atom. The molecule has 0 fully saturated rings. The average Bonchev–Trinajstić information content (AvgIpc) is 2.61. The summed E-state index contributed by atoms with van der Waals surface area (Å²) < 4.78 is 0. The van der Waals surface area contributed by atoms with Crippen LogP contribution < -0.4 is 4.90 Å². The van der Waals surface area contributed by atoms with Crippen molar-refractivity contribution >= 4 is 34.0 Å². The zero-order chi connectivity index (χ0) is 12.3. The molecule has 0 saturated carbocycles. The number of hydrogen-bond donors (Lipinski definition) is 1. The molecule has 6 heteroatoms. The highest BCUT2D eigenvalue weighted by Crippen LogP contribution is 2.30. The fourth-order valence-electron chi connectivity index (χ4n) is 1.40. The molecule has 90 valence electrons. The van der Waals surface area contributed by atoms with E-state index in [0.717, 1.165) is 24.3 Å². The topological polar surface area (TPSA) is 53.4 Å². The third-order valence-corrected chi connectivity index (χ3v) is 3.94. The number of anilines is 1. The molecular weight excluding hydrogens is 248 g/mol. The molecular formula is C10H15ClN2O2S. The number of aromatic carboxylic acids is 1. The van der Waals surface area contributed by atoms with Gasteiger partial charge in [0.15, 0.2) is 15.2 Å². The molecule has 1 aromatic rings. The molecule has 1 atom stereocenters. The summed E-state index contributed by atoms with van der Waals surface area (Å²) in [5.41, 5.74) is 0. The smallest absolute Gasteiger partial charge is 0.349 e. The van der Waals surface area contributed by atoms with Crippen LogP contribution in [0.2, 0.25) is 5.15 Å². The van der Waals surface area contributed by atoms with E-state index in [0.29, 0.717) is 11.2 Å². The van der Waals surface area contributed by atoms with Crippen LogP contribution in [0.15, 0.2) is 0 Å². The highest BCUT2D eigenvalue weighted by Gasteiger charge is 2.20. The van der Waals surface area contributed by atoms with Crippen LogP contribution >= 0.6 is 22.9 Å². The van der Waals surface area contributed by atoms with Gasteiger partial charge in [-0.15, -0.1) is 0 Å². The second kappa shape index (κ2) is 5.50. The van der Waals surface area contributed by atoms with Gasteiger partial charge in [-0.3, -0.25) is 0 Å². The Kier molecular flexibility index (Phi) is 4.56. The lowest BCUT2D eigenvalue weighted by molar-refractivity contribution is 0.0702. The zero-order valence-corrected chi connectivity index (χ0v) is 11.1. The Hall–Kier alpha value is -0.810. The lowest BCUT2D eigenvalue weighted by Gasteiger charge is -2.26. The summed E-state index contributed by atoms with van der Waals surface area (Å²) in [5, 5.41) is 9.65. The van der Waals surface area contributed by atoms with Crippen LogP contribution in [0, 0.1) is 0 Å². The normalized spacial score (nSPS) is 12.5. The van der Waals surface area contributed by atoms with E-state index in [1.807, 2.05) is 6.92 Å². The lowest BCUT2D eigenvalue weighted by atomic mass is 10.2. The largest absolute Gasteiger partial charge is 0.477 e. The molecule has 0 aliphatic carbocycles. The van der Waals surface area contributed by atoms with Crippen molar-refractivity contribution in [3.05, 3.63) is 10.0 Å². The fraction of sp³-hybridized carbons (Fsp3) is 0.600. The van der Waals surface area contributed by atoms with Crippen molar-refractivity contribution < 1.29 is 9.90 Å². The van der Waals surface area contributed by atoms with Gasteiger partial charge >= 0.3 is 5.97 Å². The van der Waals surface area contributed by atoms with E-state index in [-0.39, 0.29) is 10.0 Å². The second-order valence-corrected chi connectivity index (χ2v) is 4.80. The average molecular weight is 263 g/mol. The minimum Gasteiger partial charge on any atom is -0.477 e. The van der Waals surface area contributed by atoms with E-state index in [1.165, 1.54) is 0 Å². The number of carboxylic acid groups (broad SMARTS) is 1. The number of hydrogen-bond acceptors (Lipinski definition) is 4. The maximum absolute atomic E-state index is 10.9. The van der Waals surface area contributed by atoms with Gasteiger partial charge in [-0.05, 0) is 20.3 Å². The third kappa shape index (κ3) is 2.65. The van der Waals surface area contributed by atoms with Gasteiger partial charge in [0, 0.05) is 12.6 Å². The van der Waals surface area contributed by atoms with Gasteiger partial charge in [0.1, 0.15) is 0 Å². The Labute approximate surface area is 104 Å². The first kappa shape index (κ1) is 13.3. The Bertz CT molecular complexity index is 381. The van der Waals surface area contributed by atoms with Crippen molar-refractivity contribution in [2.24, 2.45) is 0 Å². The first-order valence-electron chi connectivity index (χ1n) is 5.17. The SMILES string of the molecule is CCC(C)N(CC)c1nc(Cl)c(C(=O)O)s1. The van der Waals surface area contributed by atoms with Crippen molar-refractivity contribution in [3.8, 4) is 0 Å². The minimum absolute atomic E-state index is 0.0780. The van der Waals surface area contributed by atoms with Crippen LogP contribution in [0.5, 0.6) is 0 Å². The number of carboxylic acids is 1. The molecule has 0 amide bonds. The van der Waals surface area contributed by atoms with Crippen molar-refractivity contribution in [2.45, 2.75) is 33.2 Å². The predicted molar refractivity (Wildman–Crippen MR) is 66.9 cm³/mol. The molecule has 0 saturated heterocycles. The molecule has 0 spiro atoms. The molecule has 0 aliphatic heterocycles. The summed E-state index contributed by atoms with van der Waals surface area (Å²) >= 11 is 6.91. The van der Waals surface area contributed by atoms with Gasteiger partial charge in [-0.25, -0.2) is 9.78 Å². The molecule has 0 radical (unpaired) electrons. The van der Waals surface area contributed by atoms with Crippen LogP contribution in [0.3, 0.4) is 0 Å². The Morgan fingerprint density at radius 2 is 2.25 bits per heavy atom. The maximum atomic E-state index is 10.9. The van der Waals surface area contributed by atoms with Gasteiger partial charge in [-0.1, -0.05) is 29.9 Å². The molecule has 1 aromatic heterocycles. The minimum atomic E-state index is -1.02. The monoisotopic (exact) mass is 262 g/mol. The molecule has 4 nitrogen and oxygen atoms in total. The Morgan fingerprint density at radius 1 is 1.62 bits per heavy atom. The van der Waals surface area contributed by atoms with Crippen LogP contribution in [0.1, 0.15) is 36.9 Å². The summed E-state index contributed by atoms with van der Waals surface area (Å²) in [6, 6.07) is 0.328. The molecule has 16 heavy (non-hydrogen) atoms. The summed E-state index contributed by atoms with van der Waals surface area (Å²) in [7, 11) is 0. The van der Waals surface area contributed by atoms with Crippen LogP contribution in [0.4, 0.5) is 5.13 Å². The van der Waals surface area contributed by atoms with E-state index in [2.05, 4.69) is 23.7 Å². The molecule has 1 unspecified atom stereocenters. The zero-order valence-electron chi connectivity index (χ0n) is 9.53. The van der Waals surface area contributed by atoms with Crippen molar-refractivity contribution in [3.63, 3.8) is 0 Å². The van der Waals surface area contributed by atoms with Crippen LogP contribution in [0.25, 0.3) is 0 Å². The van der Waals surface area contributed by atoms with Crippen molar-refractivity contribution in [1.29, 1.82) is 0 Å². The van der Waals surface area contributed by atoms with Gasteiger partial charge in [0.25, 0.3) is 0 Å². The number of thiazole rings is 1. The molecule has 0 aromatic carbocycles. The van der Waals surface area contributed by atoms with Gasteiger partial charge < -0.3 is 10.0 Å². The summed E-state index contributed by atoms with van der Waals surface area (Å²) in [6.07, 6.45) is 0.980. The van der Waals surface area contributed by atoms with Crippen molar-refractivity contribution in [2.75, 3.05) is 11.4 Å². The lowest BCUT2D eigenvalue weighted by Crippen LogP contribution is -2.32. The van der Waals surface area contributed by atoms with Crippen LogP contribution in [-0.4, -0.2) is 28.6 Å². The first-order valence-corrected chi connectivity index (χ1v) is 6.36. The third-order valence-electron chi connectivity index (χ3n) is 2.48. The van der Waals surface area contributed by atoms with Gasteiger partial charge in [0.05, 0.1) is 0 Å². The quantitative estimate of drug-likeness (QED) is 0.886. The highest BCUT2D eigenvalue weighted by atomic mass is 35.5. The molecule has 0 bridgehead atoms. The number of carbonyl (C=O) groups is 1. The molecule has 0 aliphatic rings. The summed E-state index contributed by atoms with van der Waals surface area (Å²) in [4.78, 5) is 17.1. The van der Waals surface area contributed by atoms with E-state index >= 15 is 0 Å². The molecule has 1 N–H and O–H groups in total. The number of aromatic nitrogens is 1. The van der Waals surface area contributed by atoms with Gasteiger partial charge in [-0.2, -0.15) is 0 Å². The first-order chi connectivity index (χ1) is 7.51. The molecule has 1 heterocycles. The fourth-order valence-corrected chi connectivity index (χ4v) is 2.69. The standard InChI is InChI=1S/C10H15ClN2O2S/c1-4-6(3)13(5-2)10-12-8(11)7(16-10)9(14)15/h6H,4-5H2,1-3H3,(H,14,15). The predicted octanol–water partition coefficient (Wildman–Crippen LogP) is 3.12. The van der Waals surface area contributed by atoms with E-state index in [9.17, 15) is 4.79 Å². The Balaban J connectivity index is 3.03. The van der Waals surface area contributed by atoms with Gasteiger partial charge in [0.2, 0.25) is 0 Å². The second-order valence-electron chi connectivity index (χ2n) is 3.46. The van der Waals surface area contributed by atoms with E-state index in [1.54, 1.807) is 0 Å². The number of halogens is 1. The van der Waals surface area contributed by atoms with Crippen LogP contribution in [-0.2, 0) is 0 Å². The number of nitrogens with zero attached hydrogens (tertiary/aromatic N) is 2.